The minimum atomic E-state index is -5.96. The van der Waals surface area contributed by atoms with Crippen LogP contribution in [0.25, 0.3) is 11.1 Å². The molecule has 12 heteroatoms. The second-order valence-electron chi connectivity index (χ2n) is 15.4. The lowest BCUT2D eigenvalue weighted by atomic mass is 9.84. The van der Waals surface area contributed by atoms with Crippen LogP contribution >= 0.6 is 0 Å². The summed E-state index contributed by atoms with van der Waals surface area (Å²) in [5.41, 5.74) is -3.69. The molecule has 4 nitrogen and oxygen atoms in total. The number of hydrogen-bond donors (Lipinski definition) is 1. The largest absolute Gasteiger partial charge is 0.489 e. The van der Waals surface area contributed by atoms with Gasteiger partial charge in [0.1, 0.15) is 12.4 Å². The third kappa shape index (κ3) is 9.99. The van der Waals surface area contributed by atoms with Crippen LogP contribution in [-0.4, -0.2) is 37.0 Å². The third-order valence-electron chi connectivity index (χ3n) is 7.62. The Kier molecular flexibility index (Phi) is 11.8. The molecule has 0 amide bonds. The zero-order valence-electron chi connectivity index (χ0n) is 29.9. The molecule has 0 heterocycles. The smallest absolute Gasteiger partial charge is 0.430 e. The lowest BCUT2D eigenvalue weighted by Crippen LogP contribution is -2.53. The Morgan fingerprint density at radius 3 is 1.65 bits per heavy atom. The Bertz CT molecular complexity index is 1590. The average Bonchev–Trinajstić information content (AvgIpc) is 2.96. The summed E-state index contributed by atoms with van der Waals surface area (Å²) < 4.78 is 99.9. The van der Waals surface area contributed by atoms with E-state index in [4.69, 9.17) is 13.6 Å². The molecule has 268 valence electrons. The number of hydrogen-bond acceptors (Lipinski definition) is 4. The molecule has 3 aromatic rings. The van der Waals surface area contributed by atoms with Gasteiger partial charge in [0.05, 0.1) is 11.2 Å². The molecule has 0 fully saturated rings. The Morgan fingerprint density at radius 1 is 0.633 bits per heavy atom. The van der Waals surface area contributed by atoms with Crippen molar-refractivity contribution >= 4 is 19.5 Å². The van der Waals surface area contributed by atoms with Gasteiger partial charge in [-0.3, -0.25) is 0 Å². The fraction of sp³-hybridized carbons (Fsp3) is 0.514. The lowest BCUT2D eigenvalue weighted by molar-refractivity contribution is -0.376. The molecule has 0 saturated carbocycles. The number of aryl methyl sites for hydroxylation is 1. The first kappa shape index (κ1) is 40.8. The van der Waals surface area contributed by atoms with Gasteiger partial charge in [0, 0.05) is 5.56 Å². The lowest BCUT2D eigenvalue weighted by Gasteiger charge is -2.37. The minimum Gasteiger partial charge on any atom is -0.489 e. The highest BCUT2D eigenvalue weighted by atomic mass is 28.2. The van der Waals surface area contributed by atoms with Gasteiger partial charge in [-0.2, -0.15) is 26.3 Å². The van der Waals surface area contributed by atoms with Crippen LogP contribution in [0.3, 0.4) is 0 Å². The monoisotopic (exact) mass is 724 g/mol. The molecule has 0 saturated heterocycles. The topological polar surface area (TPSA) is 47.9 Å². The number of halogens is 6. The maximum absolute atomic E-state index is 13.5. The molecule has 0 aliphatic heterocycles. The molecule has 0 bridgehead atoms. The molecular formula is C37H46F6O4Si2. The maximum Gasteiger partial charge on any atom is 0.430 e. The van der Waals surface area contributed by atoms with Gasteiger partial charge in [-0.15, -0.1) is 0 Å². The zero-order chi connectivity index (χ0) is 37.4. The minimum absolute atomic E-state index is 0.00445. The number of ether oxygens (including phenoxy) is 1. The van der Waals surface area contributed by atoms with Crippen molar-refractivity contribution in [3.8, 4) is 16.9 Å². The van der Waals surface area contributed by atoms with E-state index in [1.54, 1.807) is 24.3 Å². The number of rotatable bonds is 11. The third-order valence-corrected chi connectivity index (χ3v) is 10.1. The van der Waals surface area contributed by atoms with Crippen molar-refractivity contribution in [1.29, 1.82) is 0 Å². The molecule has 0 aliphatic carbocycles. The predicted octanol–water partition coefficient (Wildman–Crippen LogP) is 10.7. The van der Waals surface area contributed by atoms with Crippen molar-refractivity contribution in [2.75, 3.05) is 0 Å². The van der Waals surface area contributed by atoms with Gasteiger partial charge in [0.2, 0.25) is 19.5 Å². The normalized spacial score (nSPS) is 13.9. The van der Waals surface area contributed by atoms with Crippen molar-refractivity contribution in [3.05, 3.63) is 88.5 Å². The molecule has 49 heavy (non-hydrogen) atoms. The van der Waals surface area contributed by atoms with Crippen LogP contribution in [0.5, 0.6) is 5.75 Å². The molecule has 0 aliphatic rings. The number of aliphatic hydroxyl groups is 1. The summed E-state index contributed by atoms with van der Waals surface area (Å²) in [7, 11) is 0.512. The number of alkyl halides is 6. The van der Waals surface area contributed by atoms with Crippen LogP contribution in [0, 0.1) is 6.92 Å². The van der Waals surface area contributed by atoms with Crippen LogP contribution in [0.1, 0.15) is 97.1 Å². The average molecular weight is 725 g/mol. The van der Waals surface area contributed by atoms with Crippen LogP contribution in [0.2, 0.25) is 10.1 Å². The molecule has 1 N–H and O–H groups in total. The van der Waals surface area contributed by atoms with Crippen molar-refractivity contribution in [1.82, 2.24) is 0 Å². The van der Waals surface area contributed by atoms with Gasteiger partial charge in [-0.05, 0) is 96.3 Å². The van der Waals surface area contributed by atoms with E-state index in [0.29, 0.717) is 29.0 Å². The first-order chi connectivity index (χ1) is 22.1. The quantitative estimate of drug-likeness (QED) is 0.158. The fourth-order valence-corrected chi connectivity index (χ4v) is 6.34. The highest BCUT2D eigenvalue weighted by molar-refractivity contribution is 6.32. The zero-order valence-corrected chi connectivity index (χ0v) is 31.9. The van der Waals surface area contributed by atoms with E-state index in [1.807, 2.05) is 26.0 Å². The standard InChI is InChI=1S/C37H46F6O4Si2/c1-23-19-26(35(44,36(38,39)40)37(41,42)43)16-17-28(23)25-13-12-14-27(21-25)45-22-24-15-18-29(33(8,9)46-48-31(2,3)4)30(20-24)34(10,11)47-49-32(5,6)7/h12-21,44H,22H2,1-11H3. The van der Waals surface area contributed by atoms with Crippen molar-refractivity contribution in [3.63, 3.8) is 0 Å². The van der Waals surface area contributed by atoms with E-state index in [1.165, 1.54) is 6.92 Å². The molecule has 0 unspecified atom stereocenters. The number of benzene rings is 3. The summed E-state index contributed by atoms with van der Waals surface area (Å²) in [5.74, 6) is 0.452. The molecule has 3 rings (SSSR count). The van der Waals surface area contributed by atoms with E-state index in [0.717, 1.165) is 22.8 Å². The molecular weight excluding hydrogens is 679 g/mol. The van der Waals surface area contributed by atoms with Crippen LogP contribution in [0.15, 0.2) is 60.7 Å². The van der Waals surface area contributed by atoms with Gasteiger partial charge in [0.25, 0.3) is 5.60 Å². The second kappa shape index (κ2) is 14.2. The van der Waals surface area contributed by atoms with E-state index in [-0.39, 0.29) is 41.8 Å². The molecule has 0 aromatic heterocycles. The predicted molar refractivity (Wildman–Crippen MR) is 183 cm³/mol. The SMILES string of the molecule is Cc1cc(C(O)(C(F)(F)F)C(F)(F)F)ccc1-c1cccc(OCc2ccc(C(C)(C)O[Si]C(C)(C)C)c(C(C)(C)O[Si]C(C)(C)C)c2)c1. The molecule has 4 radical (unpaired) electrons. The van der Waals surface area contributed by atoms with Gasteiger partial charge in [-0.25, -0.2) is 0 Å². The highest BCUT2D eigenvalue weighted by Gasteiger charge is 2.71. The summed E-state index contributed by atoms with van der Waals surface area (Å²) >= 11 is 0. The van der Waals surface area contributed by atoms with Gasteiger partial charge in [-0.1, -0.05) is 84.0 Å². The Labute approximate surface area is 291 Å². The van der Waals surface area contributed by atoms with Gasteiger partial charge >= 0.3 is 12.4 Å². The molecule has 3 aromatic carbocycles. The first-order valence-corrected chi connectivity index (χ1v) is 17.6. The van der Waals surface area contributed by atoms with E-state index >= 15 is 0 Å². The summed E-state index contributed by atoms with van der Waals surface area (Å²) in [4.78, 5) is 0. The van der Waals surface area contributed by atoms with Crippen molar-refractivity contribution < 1.29 is 45.0 Å². The summed E-state index contributed by atoms with van der Waals surface area (Å²) in [6.45, 7) is 22.5. The summed E-state index contributed by atoms with van der Waals surface area (Å²) in [6.07, 6.45) is -11.9. The highest BCUT2D eigenvalue weighted by Crippen LogP contribution is 2.50. The Balaban J connectivity index is 1.94. The Hall–Kier alpha value is -2.65. The van der Waals surface area contributed by atoms with Crippen LogP contribution in [-0.2, 0) is 32.3 Å². The summed E-state index contributed by atoms with van der Waals surface area (Å²) in [6, 6.07) is 15.3. The van der Waals surface area contributed by atoms with E-state index in [2.05, 4.69) is 61.5 Å². The Morgan fingerprint density at radius 2 is 1.16 bits per heavy atom. The first-order valence-electron chi connectivity index (χ1n) is 15.8. The van der Waals surface area contributed by atoms with Gasteiger partial charge in [0.15, 0.2) is 0 Å². The second-order valence-corrected chi connectivity index (χ2v) is 19.2. The molecule has 0 spiro atoms. The van der Waals surface area contributed by atoms with Crippen molar-refractivity contribution in [2.45, 2.75) is 122 Å². The van der Waals surface area contributed by atoms with Crippen molar-refractivity contribution in [2.24, 2.45) is 0 Å². The summed E-state index contributed by atoms with van der Waals surface area (Å²) in [5, 5.41) is 9.80. The maximum atomic E-state index is 13.5. The van der Waals surface area contributed by atoms with Crippen LogP contribution in [0.4, 0.5) is 26.3 Å². The van der Waals surface area contributed by atoms with Crippen LogP contribution < -0.4 is 4.74 Å². The molecule has 0 atom stereocenters. The van der Waals surface area contributed by atoms with E-state index in [9.17, 15) is 31.4 Å². The van der Waals surface area contributed by atoms with E-state index < -0.39 is 34.7 Å². The van der Waals surface area contributed by atoms with Gasteiger partial charge < -0.3 is 18.7 Å². The fourth-order valence-electron chi connectivity index (χ4n) is 5.00.